The second kappa shape index (κ2) is 6.93. The quantitative estimate of drug-likeness (QED) is 0.723. The zero-order valence-electron chi connectivity index (χ0n) is 12.0. The lowest BCUT2D eigenvalue weighted by Gasteiger charge is -2.18. The van der Waals surface area contributed by atoms with Crippen molar-refractivity contribution in [2.75, 3.05) is 11.9 Å². The Balaban J connectivity index is 2.03. The topological polar surface area (TPSA) is 70.9 Å². The summed E-state index contributed by atoms with van der Waals surface area (Å²) in [6, 6.07) is 5.96. The highest BCUT2D eigenvalue weighted by Crippen LogP contribution is 2.29. The van der Waals surface area contributed by atoms with Crippen LogP contribution in [0.1, 0.15) is 6.42 Å². The van der Waals surface area contributed by atoms with E-state index in [1.54, 1.807) is 24.4 Å². The molecule has 0 aromatic carbocycles. The van der Waals surface area contributed by atoms with E-state index < -0.39 is 12.5 Å². The summed E-state index contributed by atoms with van der Waals surface area (Å²) < 4.78 is 26.2. The summed E-state index contributed by atoms with van der Waals surface area (Å²) in [5.41, 5.74) is 0.571. The van der Waals surface area contributed by atoms with Gasteiger partial charge in [0.1, 0.15) is 16.3 Å². The molecule has 120 valence electrons. The third-order valence-electron chi connectivity index (χ3n) is 3.29. The van der Waals surface area contributed by atoms with E-state index in [0.29, 0.717) is 27.6 Å². The average Bonchev–Trinajstić information content (AvgIpc) is 3.03. The molecule has 0 aliphatic carbocycles. The minimum atomic E-state index is -2.61. The number of fused-ring (bicyclic) bond motifs is 1. The van der Waals surface area contributed by atoms with E-state index in [1.165, 1.54) is 11.3 Å². The molecule has 0 saturated heterocycles. The summed E-state index contributed by atoms with van der Waals surface area (Å²) in [5.74, 6) is 0.704. The molecule has 3 aromatic rings. The van der Waals surface area contributed by atoms with Gasteiger partial charge in [-0.05, 0) is 30.0 Å². The highest BCUT2D eigenvalue weighted by Gasteiger charge is 2.22. The van der Waals surface area contributed by atoms with Crippen LogP contribution >= 0.6 is 11.3 Å². The van der Waals surface area contributed by atoms with Crippen molar-refractivity contribution in [1.82, 2.24) is 15.0 Å². The molecule has 0 radical (unpaired) electrons. The summed E-state index contributed by atoms with van der Waals surface area (Å²) in [5, 5.41) is 14.2. The number of nitrogens with zero attached hydrogens (tertiary/aromatic N) is 3. The van der Waals surface area contributed by atoms with Gasteiger partial charge in [-0.25, -0.2) is 18.7 Å². The van der Waals surface area contributed by atoms with Crippen LogP contribution in [0.5, 0.6) is 0 Å². The molecular formula is C15H14F2N4OS. The normalized spacial score (nSPS) is 12.7. The number of hydrogen-bond donors (Lipinski definition) is 2. The highest BCUT2D eigenvalue weighted by molar-refractivity contribution is 7.16. The van der Waals surface area contributed by atoms with Crippen LogP contribution in [0, 0.1) is 0 Å². The SMILES string of the molecule is OCCC(Nc1nc(-c2ccccn2)nc2sccc12)C(F)F. The van der Waals surface area contributed by atoms with Crippen molar-refractivity contribution in [2.24, 2.45) is 0 Å². The standard InChI is InChI=1S/C15H14F2N4OS/c16-12(17)10(4-7-22)19-13-9-5-8-23-15(9)21-14(20-13)11-3-1-2-6-18-11/h1-3,5-6,8,10,12,22H,4,7H2,(H,19,20,21). The van der Waals surface area contributed by atoms with E-state index in [9.17, 15) is 8.78 Å². The summed E-state index contributed by atoms with van der Waals surface area (Å²) in [4.78, 5) is 13.7. The van der Waals surface area contributed by atoms with Crippen molar-refractivity contribution in [1.29, 1.82) is 0 Å². The number of aliphatic hydroxyl groups excluding tert-OH is 1. The number of pyridine rings is 1. The lowest BCUT2D eigenvalue weighted by Crippen LogP contribution is -2.29. The highest BCUT2D eigenvalue weighted by atomic mass is 32.1. The molecule has 3 heterocycles. The Hall–Kier alpha value is -2.19. The summed E-state index contributed by atoms with van der Waals surface area (Å²) in [6.07, 6.45) is -1.05. The molecule has 2 N–H and O–H groups in total. The Bertz CT molecular complexity index is 782. The number of halogens is 2. The van der Waals surface area contributed by atoms with Crippen LogP contribution < -0.4 is 5.32 Å². The van der Waals surface area contributed by atoms with Gasteiger partial charge in [-0.2, -0.15) is 0 Å². The maximum atomic E-state index is 13.1. The van der Waals surface area contributed by atoms with E-state index >= 15 is 0 Å². The first-order chi connectivity index (χ1) is 11.2. The first-order valence-corrected chi connectivity index (χ1v) is 7.89. The molecule has 0 aliphatic heterocycles. The molecule has 3 aromatic heterocycles. The summed E-state index contributed by atoms with van der Waals surface area (Å²) in [6.45, 7) is -0.326. The number of alkyl halides is 2. The molecule has 3 rings (SSSR count). The second-order valence-corrected chi connectivity index (χ2v) is 5.74. The number of aromatic nitrogens is 3. The predicted molar refractivity (Wildman–Crippen MR) is 85.8 cm³/mol. The zero-order chi connectivity index (χ0) is 16.2. The van der Waals surface area contributed by atoms with Crippen LogP contribution in [0.3, 0.4) is 0 Å². The van der Waals surface area contributed by atoms with Crippen molar-refractivity contribution in [3.8, 4) is 11.5 Å². The lowest BCUT2D eigenvalue weighted by molar-refractivity contribution is 0.109. The number of nitrogens with one attached hydrogen (secondary N) is 1. The van der Waals surface area contributed by atoms with Crippen molar-refractivity contribution in [3.05, 3.63) is 35.8 Å². The summed E-state index contributed by atoms with van der Waals surface area (Å²) in [7, 11) is 0. The van der Waals surface area contributed by atoms with Gasteiger partial charge in [0, 0.05) is 12.8 Å². The van der Waals surface area contributed by atoms with Gasteiger partial charge in [-0.15, -0.1) is 11.3 Å². The number of aliphatic hydroxyl groups is 1. The minimum Gasteiger partial charge on any atom is -0.396 e. The number of anilines is 1. The Kier molecular flexibility index (Phi) is 4.73. The molecule has 0 amide bonds. The van der Waals surface area contributed by atoms with Gasteiger partial charge >= 0.3 is 0 Å². The Morgan fingerprint density at radius 2 is 2.09 bits per heavy atom. The fraction of sp³-hybridized carbons (Fsp3) is 0.267. The second-order valence-electron chi connectivity index (χ2n) is 4.85. The van der Waals surface area contributed by atoms with E-state index in [-0.39, 0.29) is 13.0 Å². The third kappa shape index (κ3) is 3.43. The number of thiophene rings is 1. The van der Waals surface area contributed by atoms with Crippen LogP contribution in [-0.4, -0.2) is 39.1 Å². The maximum absolute atomic E-state index is 13.1. The Morgan fingerprint density at radius 1 is 1.22 bits per heavy atom. The van der Waals surface area contributed by atoms with Gasteiger partial charge in [0.2, 0.25) is 0 Å². The van der Waals surface area contributed by atoms with Gasteiger partial charge in [-0.1, -0.05) is 6.07 Å². The van der Waals surface area contributed by atoms with Crippen molar-refractivity contribution in [3.63, 3.8) is 0 Å². The third-order valence-corrected chi connectivity index (χ3v) is 4.09. The predicted octanol–water partition coefficient (Wildman–Crippen LogP) is 3.18. The van der Waals surface area contributed by atoms with Crippen molar-refractivity contribution in [2.45, 2.75) is 18.9 Å². The lowest BCUT2D eigenvalue weighted by atomic mass is 10.2. The first kappa shape index (κ1) is 15.7. The number of rotatable bonds is 6. The average molecular weight is 336 g/mol. The van der Waals surface area contributed by atoms with Gasteiger partial charge < -0.3 is 10.4 Å². The van der Waals surface area contributed by atoms with E-state index in [1.807, 2.05) is 11.4 Å². The monoisotopic (exact) mass is 336 g/mol. The van der Waals surface area contributed by atoms with Crippen LogP contribution in [0.4, 0.5) is 14.6 Å². The van der Waals surface area contributed by atoms with Crippen molar-refractivity contribution >= 4 is 27.4 Å². The van der Waals surface area contributed by atoms with Crippen LogP contribution in [-0.2, 0) is 0 Å². The molecule has 0 saturated carbocycles. The van der Waals surface area contributed by atoms with E-state index in [2.05, 4.69) is 20.3 Å². The van der Waals surface area contributed by atoms with Crippen LogP contribution in [0.15, 0.2) is 35.8 Å². The van der Waals surface area contributed by atoms with Crippen molar-refractivity contribution < 1.29 is 13.9 Å². The first-order valence-electron chi connectivity index (χ1n) is 7.01. The van der Waals surface area contributed by atoms with Crippen LogP contribution in [0.2, 0.25) is 0 Å². The minimum absolute atomic E-state index is 0.0633. The smallest absolute Gasteiger partial charge is 0.258 e. The van der Waals surface area contributed by atoms with Gasteiger partial charge in [-0.3, -0.25) is 4.98 Å². The molecule has 0 fully saturated rings. The summed E-state index contributed by atoms with van der Waals surface area (Å²) >= 11 is 1.40. The van der Waals surface area contributed by atoms with Gasteiger partial charge in [0.15, 0.2) is 5.82 Å². The molecule has 1 atom stereocenters. The molecule has 0 aliphatic rings. The van der Waals surface area contributed by atoms with E-state index in [0.717, 1.165) is 0 Å². The van der Waals surface area contributed by atoms with Gasteiger partial charge in [0.25, 0.3) is 6.43 Å². The Labute approximate surface area is 135 Å². The fourth-order valence-corrected chi connectivity index (χ4v) is 2.91. The van der Waals surface area contributed by atoms with E-state index in [4.69, 9.17) is 5.11 Å². The number of hydrogen-bond acceptors (Lipinski definition) is 6. The van der Waals surface area contributed by atoms with Crippen LogP contribution in [0.25, 0.3) is 21.7 Å². The Morgan fingerprint density at radius 3 is 2.78 bits per heavy atom. The molecule has 1 unspecified atom stereocenters. The maximum Gasteiger partial charge on any atom is 0.258 e. The molecular weight excluding hydrogens is 322 g/mol. The zero-order valence-corrected chi connectivity index (χ0v) is 12.8. The molecule has 0 bridgehead atoms. The largest absolute Gasteiger partial charge is 0.396 e. The van der Waals surface area contributed by atoms with Gasteiger partial charge in [0.05, 0.1) is 11.4 Å². The molecule has 23 heavy (non-hydrogen) atoms. The molecule has 8 heteroatoms. The fourth-order valence-electron chi connectivity index (χ4n) is 2.15. The molecule has 5 nitrogen and oxygen atoms in total. The molecule has 0 spiro atoms.